The van der Waals surface area contributed by atoms with Crippen LogP contribution in [0.15, 0.2) is 53.3 Å². The van der Waals surface area contributed by atoms with Gasteiger partial charge in [-0.3, -0.25) is 10.4 Å². The van der Waals surface area contributed by atoms with Crippen LogP contribution in [-0.4, -0.2) is 32.7 Å². The van der Waals surface area contributed by atoms with Crippen molar-refractivity contribution in [1.82, 2.24) is 4.68 Å². The Bertz CT molecular complexity index is 1130. The molecule has 8 heteroatoms. The minimum absolute atomic E-state index is 0.233. The summed E-state index contributed by atoms with van der Waals surface area (Å²) in [6.07, 6.45) is 0. The number of fused-ring (bicyclic) bond motifs is 1. The van der Waals surface area contributed by atoms with Crippen molar-refractivity contribution in [3.63, 3.8) is 0 Å². The lowest BCUT2D eigenvalue weighted by molar-refractivity contribution is 0.174. The van der Waals surface area contributed by atoms with E-state index >= 15 is 0 Å². The Morgan fingerprint density at radius 1 is 1.14 bits per heavy atom. The molecule has 2 aromatic carbocycles. The van der Waals surface area contributed by atoms with Gasteiger partial charge in [-0.1, -0.05) is 6.58 Å². The van der Waals surface area contributed by atoms with Gasteiger partial charge in [0.15, 0.2) is 11.5 Å². The molecule has 150 valence electrons. The second-order valence-electron chi connectivity index (χ2n) is 6.19. The molecule has 0 atom stereocenters. The van der Waals surface area contributed by atoms with E-state index in [0.29, 0.717) is 11.4 Å². The fourth-order valence-electron chi connectivity index (χ4n) is 3.06. The van der Waals surface area contributed by atoms with Gasteiger partial charge in [0.05, 0.1) is 25.6 Å². The third-order valence-corrected chi connectivity index (χ3v) is 5.47. The molecule has 0 amide bonds. The van der Waals surface area contributed by atoms with E-state index in [2.05, 4.69) is 17.0 Å². The number of aromatic nitrogens is 1. The van der Waals surface area contributed by atoms with Crippen LogP contribution in [0.5, 0.6) is 23.0 Å². The number of nitrogens with one attached hydrogen (secondary N) is 1. The molecule has 7 nitrogen and oxygen atoms in total. The Labute approximate surface area is 172 Å². The second-order valence-corrected chi connectivity index (χ2v) is 7.02. The molecule has 1 N–H and O–H groups in total. The highest BCUT2D eigenvalue weighted by Gasteiger charge is 2.17. The number of rotatable bonds is 6. The molecule has 1 aliphatic heterocycles. The van der Waals surface area contributed by atoms with E-state index in [4.69, 9.17) is 18.9 Å². The molecule has 4 rings (SSSR count). The van der Waals surface area contributed by atoms with Crippen LogP contribution >= 0.6 is 11.3 Å². The van der Waals surface area contributed by atoms with Crippen molar-refractivity contribution in [1.29, 1.82) is 0 Å². The molecule has 1 aromatic heterocycles. The summed E-state index contributed by atoms with van der Waals surface area (Å²) in [6.45, 7) is 4.42. The molecular formula is C21H21N3O4S. The van der Waals surface area contributed by atoms with Crippen LogP contribution < -0.4 is 29.2 Å². The van der Waals surface area contributed by atoms with Crippen LogP contribution in [0.3, 0.4) is 0 Å². The molecule has 0 radical (unpaired) electrons. The van der Waals surface area contributed by atoms with Gasteiger partial charge in [-0.25, -0.2) is 4.68 Å². The van der Waals surface area contributed by atoms with Gasteiger partial charge in [0.1, 0.15) is 11.5 Å². The summed E-state index contributed by atoms with van der Waals surface area (Å²) < 4.78 is 23.7. The quantitative estimate of drug-likeness (QED) is 0.670. The fourth-order valence-corrected chi connectivity index (χ4v) is 3.86. The lowest BCUT2D eigenvalue weighted by Gasteiger charge is -2.16. The molecule has 29 heavy (non-hydrogen) atoms. The predicted molar refractivity (Wildman–Crippen MR) is 113 cm³/mol. The zero-order valence-electron chi connectivity index (χ0n) is 16.4. The van der Waals surface area contributed by atoms with E-state index < -0.39 is 0 Å². The highest BCUT2D eigenvalue weighted by atomic mass is 32.1. The molecule has 0 unspecified atom stereocenters. The summed E-state index contributed by atoms with van der Waals surface area (Å²) in [5.74, 6) is 2.91. The van der Waals surface area contributed by atoms with Crippen molar-refractivity contribution in [2.75, 3.05) is 33.5 Å². The standard InChI is InChI=1S/C21H21N3O4S/c1-13(14-5-7-19-20(9-14)28-12-27-19)23-24-17(11-29-21(24)22-2)16-10-15(25-3)6-8-18(16)26-4/h5-11,23H,1,12H2,2-4H3. The van der Waals surface area contributed by atoms with Crippen molar-refractivity contribution >= 4 is 17.0 Å². The molecule has 0 aliphatic carbocycles. The third kappa shape index (κ3) is 3.54. The molecule has 2 heterocycles. The van der Waals surface area contributed by atoms with Gasteiger partial charge in [0.25, 0.3) is 0 Å². The van der Waals surface area contributed by atoms with Crippen LogP contribution in [0.1, 0.15) is 5.56 Å². The van der Waals surface area contributed by atoms with Crippen LogP contribution in [0, 0.1) is 0 Å². The van der Waals surface area contributed by atoms with Gasteiger partial charge in [-0.2, -0.15) is 0 Å². The number of benzene rings is 2. The highest BCUT2D eigenvalue weighted by Crippen LogP contribution is 2.35. The summed E-state index contributed by atoms with van der Waals surface area (Å²) in [4.78, 5) is 5.16. The van der Waals surface area contributed by atoms with Crippen LogP contribution in [-0.2, 0) is 0 Å². The summed E-state index contributed by atoms with van der Waals surface area (Å²) in [5, 5.41) is 2.01. The van der Waals surface area contributed by atoms with Gasteiger partial charge in [-0.05, 0) is 36.4 Å². The Balaban J connectivity index is 1.74. The summed E-state index contributed by atoms with van der Waals surface area (Å²) in [7, 11) is 5.03. The van der Waals surface area contributed by atoms with E-state index in [9.17, 15) is 0 Å². The maximum atomic E-state index is 5.56. The first-order valence-electron chi connectivity index (χ1n) is 8.86. The third-order valence-electron chi connectivity index (χ3n) is 4.55. The zero-order chi connectivity index (χ0) is 20.4. The molecule has 0 saturated heterocycles. The van der Waals surface area contributed by atoms with E-state index in [-0.39, 0.29) is 6.79 Å². The topological polar surface area (TPSA) is 66.2 Å². The minimum atomic E-state index is 0.233. The van der Waals surface area contributed by atoms with Crippen molar-refractivity contribution in [3.8, 4) is 34.3 Å². The first-order chi connectivity index (χ1) is 14.1. The number of methoxy groups -OCH3 is 2. The second kappa shape index (κ2) is 7.92. The zero-order valence-corrected chi connectivity index (χ0v) is 17.2. The minimum Gasteiger partial charge on any atom is -0.497 e. The highest BCUT2D eigenvalue weighted by molar-refractivity contribution is 7.07. The SMILES string of the molecule is C=C(Nn1c(-c2cc(OC)ccc2OC)csc1=NC)c1ccc2c(c1)OCO2. The van der Waals surface area contributed by atoms with Gasteiger partial charge >= 0.3 is 0 Å². The maximum absolute atomic E-state index is 5.56. The van der Waals surface area contributed by atoms with Gasteiger partial charge in [0, 0.05) is 23.6 Å². The normalized spacial score (nSPS) is 12.7. The van der Waals surface area contributed by atoms with E-state index in [1.807, 2.05) is 46.5 Å². The van der Waals surface area contributed by atoms with Crippen LogP contribution in [0.25, 0.3) is 17.0 Å². The van der Waals surface area contributed by atoms with E-state index in [1.165, 1.54) is 11.3 Å². The molecule has 0 saturated carbocycles. The Morgan fingerprint density at radius 3 is 2.72 bits per heavy atom. The number of ether oxygens (including phenoxy) is 4. The van der Waals surface area contributed by atoms with Gasteiger partial charge in [0.2, 0.25) is 11.6 Å². The summed E-state index contributed by atoms with van der Waals surface area (Å²) in [5.41, 5.74) is 6.69. The monoisotopic (exact) mass is 411 g/mol. The Hall–Kier alpha value is -3.39. The van der Waals surface area contributed by atoms with Crippen molar-refractivity contribution < 1.29 is 18.9 Å². The largest absolute Gasteiger partial charge is 0.497 e. The summed E-state index contributed by atoms with van der Waals surface area (Å²) >= 11 is 1.51. The maximum Gasteiger partial charge on any atom is 0.231 e. The molecule has 1 aliphatic rings. The number of hydrogen-bond acceptors (Lipinski definition) is 7. The average molecular weight is 411 g/mol. The molecule has 3 aromatic rings. The van der Waals surface area contributed by atoms with E-state index in [0.717, 1.165) is 38.9 Å². The Morgan fingerprint density at radius 2 is 1.97 bits per heavy atom. The lowest BCUT2D eigenvalue weighted by Crippen LogP contribution is -2.25. The smallest absolute Gasteiger partial charge is 0.231 e. The van der Waals surface area contributed by atoms with Crippen LogP contribution in [0.2, 0.25) is 0 Å². The summed E-state index contributed by atoms with van der Waals surface area (Å²) in [6, 6.07) is 11.4. The fraction of sp³-hybridized carbons (Fsp3) is 0.190. The van der Waals surface area contributed by atoms with Crippen LogP contribution in [0.4, 0.5) is 0 Å². The van der Waals surface area contributed by atoms with E-state index in [1.54, 1.807) is 21.3 Å². The first kappa shape index (κ1) is 18.9. The molecule has 0 bridgehead atoms. The number of thiazole rings is 1. The van der Waals surface area contributed by atoms with Crippen molar-refractivity contribution in [2.24, 2.45) is 4.99 Å². The first-order valence-corrected chi connectivity index (χ1v) is 9.74. The van der Waals surface area contributed by atoms with Gasteiger partial charge < -0.3 is 18.9 Å². The van der Waals surface area contributed by atoms with Crippen molar-refractivity contribution in [2.45, 2.75) is 0 Å². The predicted octanol–water partition coefficient (Wildman–Crippen LogP) is 3.71. The lowest BCUT2D eigenvalue weighted by atomic mass is 10.1. The molecule has 0 spiro atoms. The average Bonchev–Trinajstić information content (AvgIpc) is 3.39. The number of hydrogen-bond donors (Lipinski definition) is 1. The number of nitrogens with zero attached hydrogens (tertiary/aromatic N) is 2. The molecule has 0 fully saturated rings. The van der Waals surface area contributed by atoms with Crippen molar-refractivity contribution in [3.05, 3.63) is 58.7 Å². The Kier molecular flexibility index (Phi) is 5.18. The van der Waals surface area contributed by atoms with Gasteiger partial charge in [-0.15, -0.1) is 11.3 Å². The molecular weight excluding hydrogens is 390 g/mol.